The van der Waals surface area contributed by atoms with Gasteiger partial charge in [0.15, 0.2) is 0 Å². The number of hydrogen-bond acceptors (Lipinski definition) is 3. The van der Waals surface area contributed by atoms with Crippen molar-refractivity contribution in [2.75, 3.05) is 19.6 Å². The van der Waals surface area contributed by atoms with E-state index in [0.717, 1.165) is 37.6 Å². The molecule has 0 radical (unpaired) electrons. The summed E-state index contributed by atoms with van der Waals surface area (Å²) in [6, 6.07) is 4.23. The average Bonchev–Trinajstić information content (AvgIpc) is 2.26. The molecule has 3 nitrogen and oxygen atoms in total. The van der Waals surface area contributed by atoms with Gasteiger partial charge in [0.25, 0.3) is 0 Å². The quantitative estimate of drug-likeness (QED) is 0.689. The van der Waals surface area contributed by atoms with Gasteiger partial charge in [-0.25, -0.2) is 0 Å². The molecule has 0 saturated heterocycles. The van der Waals surface area contributed by atoms with Crippen molar-refractivity contribution in [3.05, 3.63) is 29.1 Å². The molecule has 1 aromatic rings. The molecule has 0 aliphatic rings. The third-order valence-corrected chi connectivity index (χ3v) is 2.56. The molecule has 0 spiro atoms. The van der Waals surface area contributed by atoms with Gasteiger partial charge >= 0.3 is 0 Å². The summed E-state index contributed by atoms with van der Waals surface area (Å²) in [5.74, 6) is 0. The van der Waals surface area contributed by atoms with E-state index in [9.17, 15) is 0 Å². The zero-order valence-electron chi connectivity index (χ0n) is 10.6. The first-order valence-corrected chi connectivity index (χ1v) is 6.08. The molecule has 0 bridgehead atoms. The van der Waals surface area contributed by atoms with E-state index < -0.39 is 0 Å². The minimum absolute atomic E-state index is 0.910. The fraction of sp³-hybridized carbons (Fsp3) is 0.615. The Morgan fingerprint density at radius 1 is 1.06 bits per heavy atom. The number of aryl methyl sites for hydroxylation is 2. The summed E-state index contributed by atoms with van der Waals surface area (Å²) in [6.45, 7) is 10.3. The van der Waals surface area contributed by atoms with E-state index in [1.807, 2.05) is 6.92 Å². The monoisotopic (exact) mass is 221 g/mol. The van der Waals surface area contributed by atoms with Crippen LogP contribution >= 0.6 is 0 Å². The Balaban J connectivity index is 2.21. The van der Waals surface area contributed by atoms with Crippen molar-refractivity contribution in [1.82, 2.24) is 15.6 Å². The Morgan fingerprint density at radius 2 is 1.81 bits per heavy atom. The second-order valence-corrected chi connectivity index (χ2v) is 4.12. The van der Waals surface area contributed by atoms with Crippen LogP contribution in [0.5, 0.6) is 0 Å². The van der Waals surface area contributed by atoms with Gasteiger partial charge in [-0.15, -0.1) is 0 Å². The second kappa shape index (κ2) is 7.36. The highest BCUT2D eigenvalue weighted by atomic mass is 14.9. The molecule has 0 saturated carbocycles. The Hall–Kier alpha value is -0.930. The van der Waals surface area contributed by atoms with Crippen LogP contribution in [-0.4, -0.2) is 24.6 Å². The second-order valence-electron chi connectivity index (χ2n) is 4.12. The largest absolute Gasteiger partial charge is 0.315 e. The zero-order chi connectivity index (χ0) is 11.8. The van der Waals surface area contributed by atoms with E-state index in [-0.39, 0.29) is 0 Å². The predicted molar refractivity (Wildman–Crippen MR) is 68.6 cm³/mol. The number of nitrogens with one attached hydrogen (secondary N) is 2. The standard InChI is InChI=1S/C13H23N3/c1-4-7-14-8-9-15-10-13-6-5-11(2)16-12(13)3/h5-6,14-15H,4,7-10H2,1-3H3. The van der Waals surface area contributed by atoms with Gasteiger partial charge in [0.05, 0.1) is 0 Å². The molecule has 0 atom stereocenters. The highest BCUT2D eigenvalue weighted by Crippen LogP contribution is 2.05. The molecular formula is C13H23N3. The first kappa shape index (κ1) is 13.1. The molecule has 0 aliphatic carbocycles. The lowest BCUT2D eigenvalue weighted by Crippen LogP contribution is -2.27. The maximum absolute atomic E-state index is 4.45. The predicted octanol–water partition coefficient (Wildman–Crippen LogP) is 1.79. The van der Waals surface area contributed by atoms with Crippen LogP contribution in [0.4, 0.5) is 0 Å². The van der Waals surface area contributed by atoms with Crippen LogP contribution in [0.3, 0.4) is 0 Å². The van der Waals surface area contributed by atoms with Gasteiger partial charge in [0.1, 0.15) is 0 Å². The minimum Gasteiger partial charge on any atom is -0.315 e. The molecule has 3 heteroatoms. The summed E-state index contributed by atoms with van der Waals surface area (Å²) in [7, 11) is 0. The van der Waals surface area contributed by atoms with Crippen LogP contribution in [0.1, 0.15) is 30.3 Å². The van der Waals surface area contributed by atoms with Crippen molar-refractivity contribution in [3.8, 4) is 0 Å². The van der Waals surface area contributed by atoms with Crippen LogP contribution in [0.25, 0.3) is 0 Å². The summed E-state index contributed by atoms with van der Waals surface area (Å²) in [6.07, 6.45) is 1.20. The van der Waals surface area contributed by atoms with Gasteiger partial charge in [-0.2, -0.15) is 0 Å². The van der Waals surface area contributed by atoms with Crippen molar-refractivity contribution >= 4 is 0 Å². The molecule has 0 unspecified atom stereocenters. The Morgan fingerprint density at radius 3 is 2.50 bits per heavy atom. The fourth-order valence-corrected chi connectivity index (χ4v) is 1.60. The number of aromatic nitrogens is 1. The highest BCUT2D eigenvalue weighted by Gasteiger charge is 1.98. The van der Waals surface area contributed by atoms with Crippen LogP contribution in [0, 0.1) is 13.8 Å². The van der Waals surface area contributed by atoms with E-state index in [0.29, 0.717) is 0 Å². The summed E-state index contributed by atoms with van der Waals surface area (Å²) >= 11 is 0. The fourth-order valence-electron chi connectivity index (χ4n) is 1.60. The first-order chi connectivity index (χ1) is 7.74. The summed E-state index contributed by atoms with van der Waals surface area (Å²) in [5, 5.41) is 6.79. The van der Waals surface area contributed by atoms with E-state index in [1.165, 1.54) is 12.0 Å². The smallest absolute Gasteiger partial charge is 0.0420 e. The van der Waals surface area contributed by atoms with E-state index in [4.69, 9.17) is 0 Å². The Labute approximate surface area is 98.7 Å². The van der Waals surface area contributed by atoms with Gasteiger partial charge in [-0.05, 0) is 38.4 Å². The van der Waals surface area contributed by atoms with E-state index >= 15 is 0 Å². The molecule has 0 fully saturated rings. The van der Waals surface area contributed by atoms with Crippen molar-refractivity contribution in [3.63, 3.8) is 0 Å². The van der Waals surface area contributed by atoms with E-state index in [1.54, 1.807) is 0 Å². The normalized spacial score (nSPS) is 10.7. The maximum atomic E-state index is 4.45. The lowest BCUT2D eigenvalue weighted by atomic mass is 10.2. The van der Waals surface area contributed by atoms with Crippen LogP contribution in [0.15, 0.2) is 12.1 Å². The topological polar surface area (TPSA) is 37.0 Å². The lowest BCUT2D eigenvalue weighted by molar-refractivity contribution is 0.605. The van der Waals surface area contributed by atoms with Crippen LogP contribution in [-0.2, 0) is 6.54 Å². The van der Waals surface area contributed by atoms with Gasteiger partial charge < -0.3 is 10.6 Å². The SMILES string of the molecule is CCCNCCNCc1ccc(C)nc1C. The number of nitrogens with zero attached hydrogens (tertiary/aromatic N) is 1. The number of pyridine rings is 1. The molecule has 0 amide bonds. The van der Waals surface area contributed by atoms with Gasteiger partial charge in [0, 0.05) is 31.0 Å². The molecular weight excluding hydrogens is 198 g/mol. The lowest BCUT2D eigenvalue weighted by Gasteiger charge is -2.08. The average molecular weight is 221 g/mol. The first-order valence-electron chi connectivity index (χ1n) is 6.08. The summed E-state index contributed by atoms with van der Waals surface area (Å²) in [4.78, 5) is 4.45. The molecule has 0 aromatic carbocycles. The van der Waals surface area contributed by atoms with Gasteiger partial charge in [-0.1, -0.05) is 13.0 Å². The third kappa shape index (κ3) is 4.73. The van der Waals surface area contributed by atoms with Crippen molar-refractivity contribution in [2.24, 2.45) is 0 Å². The molecule has 1 aromatic heterocycles. The molecule has 0 aliphatic heterocycles. The summed E-state index contributed by atoms with van der Waals surface area (Å²) in [5.41, 5.74) is 3.51. The minimum atomic E-state index is 0.910. The molecule has 1 rings (SSSR count). The number of rotatable bonds is 7. The third-order valence-electron chi connectivity index (χ3n) is 2.56. The molecule has 16 heavy (non-hydrogen) atoms. The maximum Gasteiger partial charge on any atom is 0.0420 e. The van der Waals surface area contributed by atoms with E-state index in [2.05, 4.69) is 41.6 Å². The Bertz CT molecular complexity index is 310. The number of hydrogen-bond donors (Lipinski definition) is 2. The molecule has 90 valence electrons. The summed E-state index contributed by atoms with van der Waals surface area (Å²) < 4.78 is 0. The van der Waals surface area contributed by atoms with Gasteiger partial charge in [0.2, 0.25) is 0 Å². The van der Waals surface area contributed by atoms with Crippen LogP contribution < -0.4 is 10.6 Å². The highest BCUT2D eigenvalue weighted by molar-refractivity contribution is 5.21. The van der Waals surface area contributed by atoms with Gasteiger partial charge in [-0.3, -0.25) is 4.98 Å². The molecule has 2 N–H and O–H groups in total. The van der Waals surface area contributed by atoms with Crippen LogP contribution in [0.2, 0.25) is 0 Å². The van der Waals surface area contributed by atoms with Crippen molar-refractivity contribution in [2.45, 2.75) is 33.7 Å². The van der Waals surface area contributed by atoms with Crippen molar-refractivity contribution in [1.29, 1.82) is 0 Å². The van der Waals surface area contributed by atoms with Crippen molar-refractivity contribution < 1.29 is 0 Å². The Kier molecular flexibility index (Phi) is 6.04. The zero-order valence-corrected chi connectivity index (χ0v) is 10.6. The molecule has 1 heterocycles.